The zero-order chi connectivity index (χ0) is 35.2. The van der Waals surface area contributed by atoms with Crippen molar-refractivity contribution in [1.82, 2.24) is 4.90 Å². The fourth-order valence-electron chi connectivity index (χ4n) is 5.66. The Bertz CT molecular complexity index is 1510. The average molecular weight is 714 g/mol. The standard InChI is InChI=1S/C38H50Cl2N4O5/c1-26-18-35(39)37(36(40)19-26)49-17-16-48-33-12-8-28(9-13-33)21-31(24-41)38(45)44(32-10-11-32)25-30-20-29(7-5-14-46-3)22-34(23-30)47-15-4-6-27(2)43-42/h8-9,12-13,18-20,22-23,31-32H,4-7,10-11,14-17,21,24-25,41-42H2,1-3H3/b43-27+. The van der Waals surface area contributed by atoms with Crippen molar-refractivity contribution in [1.29, 1.82) is 0 Å². The minimum atomic E-state index is -0.335. The number of methoxy groups -OCH3 is 1. The first kappa shape index (κ1) is 38.3. The van der Waals surface area contributed by atoms with Crippen LogP contribution in [0.5, 0.6) is 17.2 Å². The van der Waals surface area contributed by atoms with Crippen LogP contribution < -0.4 is 25.8 Å². The lowest BCUT2D eigenvalue weighted by Crippen LogP contribution is -2.41. The molecule has 266 valence electrons. The van der Waals surface area contributed by atoms with Crippen LogP contribution in [0.15, 0.2) is 59.7 Å². The van der Waals surface area contributed by atoms with Gasteiger partial charge in [-0.15, -0.1) is 0 Å². The molecule has 9 nitrogen and oxygen atoms in total. The molecule has 4 N–H and O–H groups in total. The summed E-state index contributed by atoms with van der Waals surface area (Å²) in [6.45, 7) is 6.47. The third-order valence-corrected chi connectivity index (χ3v) is 8.98. The van der Waals surface area contributed by atoms with E-state index in [2.05, 4.69) is 23.3 Å². The van der Waals surface area contributed by atoms with Gasteiger partial charge in [0.2, 0.25) is 5.91 Å². The first-order chi connectivity index (χ1) is 23.7. The Hall–Kier alpha value is -3.50. The van der Waals surface area contributed by atoms with E-state index in [1.165, 1.54) is 5.56 Å². The lowest BCUT2D eigenvalue weighted by atomic mass is 9.97. The summed E-state index contributed by atoms with van der Waals surface area (Å²) in [7, 11) is 1.71. The number of carbonyl (C=O) groups is 1. The molecule has 0 heterocycles. The molecular formula is C38H50Cl2N4O5. The summed E-state index contributed by atoms with van der Waals surface area (Å²) in [6, 6.07) is 17.9. The molecule has 0 saturated heterocycles. The number of benzene rings is 3. The second kappa shape index (κ2) is 19.6. The number of aryl methyl sites for hydroxylation is 2. The van der Waals surface area contributed by atoms with E-state index < -0.39 is 0 Å². The maximum Gasteiger partial charge on any atom is 0.227 e. The molecule has 0 bridgehead atoms. The highest BCUT2D eigenvalue weighted by Crippen LogP contribution is 2.34. The van der Waals surface area contributed by atoms with Crippen LogP contribution in [0.1, 0.15) is 61.3 Å². The van der Waals surface area contributed by atoms with E-state index in [1.54, 1.807) is 7.11 Å². The second-order valence-corrected chi connectivity index (χ2v) is 13.4. The number of hydrogen-bond acceptors (Lipinski definition) is 8. The van der Waals surface area contributed by atoms with Crippen molar-refractivity contribution >= 4 is 34.8 Å². The Labute approximate surface area is 300 Å². The number of halogens is 2. The van der Waals surface area contributed by atoms with Crippen molar-refractivity contribution in [2.75, 3.05) is 40.1 Å². The predicted octanol–water partition coefficient (Wildman–Crippen LogP) is 7.14. The Balaban J connectivity index is 1.35. The van der Waals surface area contributed by atoms with Crippen LogP contribution >= 0.6 is 23.2 Å². The summed E-state index contributed by atoms with van der Waals surface area (Å²) < 4.78 is 23.0. The average Bonchev–Trinajstić information content (AvgIpc) is 3.93. The zero-order valence-corrected chi connectivity index (χ0v) is 30.4. The smallest absolute Gasteiger partial charge is 0.227 e. The number of hydrazone groups is 1. The molecule has 1 unspecified atom stereocenters. The number of ether oxygens (including phenoxy) is 4. The maximum absolute atomic E-state index is 14.0. The summed E-state index contributed by atoms with van der Waals surface area (Å²) in [5.74, 6) is 7.08. The highest BCUT2D eigenvalue weighted by atomic mass is 35.5. The summed E-state index contributed by atoms with van der Waals surface area (Å²) in [5.41, 5.74) is 11.3. The summed E-state index contributed by atoms with van der Waals surface area (Å²) in [4.78, 5) is 16.0. The molecule has 3 aromatic carbocycles. The normalized spacial score (nSPS) is 13.6. The second-order valence-electron chi connectivity index (χ2n) is 12.6. The zero-order valence-electron chi connectivity index (χ0n) is 28.9. The Morgan fingerprint density at radius 3 is 2.22 bits per heavy atom. The Kier molecular flexibility index (Phi) is 15.3. The van der Waals surface area contributed by atoms with E-state index in [0.717, 1.165) is 66.7 Å². The van der Waals surface area contributed by atoms with Gasteiger partial charge < -0.3 is 35.4 Å². The lowest BCUT2D eigenvalue weighted by Gasteiger charge is -2.27. The number of rotatable bonds is 21. The van der Waals surface area contributed by atoms with Crippen molar-refractivity contribution in [3.05, 3.63) is 86.9 Å². The highest BCUT2D eigenvalue weighted by molar-refractivity contribution is 6.37. The summed E-state index contributed by atoms with van der Waals surface area (Å²) in [6.07, 6.45) is 5.92. The monoisotopic (exact) mass is 712 g/mol. The first-order valence-corrected chi connectivity index (χ1v) is 17.7. The molecular weight excluding hydrogens is 663 g/mol. The predicted molar refractivity (Wildman–Crippen MR) is 197 cm³/mol. The van der Waals surface area contributed by atoms with Gasteiger partial charge in [-0.05, 0) is 117 Å². The van der Waals surface area contributed by atoms with E-state index in [9.17, 15) is 4.79 Å². The van der Waals surface area contributed by atoms with Crippen LogP contribution in [0, 0.1) is 12.8 Å². The molecule has 11 heteroatoms. The van der Waals surface area contributed by atoms with Crippen molar-refractivity contribution in [3.8, 4) is 17.2 Å². The SMILES string of the molecule is COCCCc1cc(CN(C(=O)C(CN)Cc2ccc(OCCOc3c(Cl)cc(C)cc3Cl)cc2)C2CC2)cc(OCCC/C(C)=N/N)c1. The van der Waals surface area contributed by atoms with Gasteiger partial charge in [0.25, 0.3) is 0 Å². The molecule has 3 aromatic rings. The van der Waals surface area contributed by atoms with Gasteiger partial charge in [-0.2, -0.15) is 5.10 Å². The molecule has 0 aliphatic heterocycles. The topological polar surface area (TPSA) is 122 Å². The quantitative estimate of drug-likeness (QED) is 0.0521. The van der Waals surface area contributed by atoms with Gasteiger partial charge in [0.1, 0.15) is 24.7 Å². The number of nitrogens with two attached hydrogens (primary N) is 2. The fourth-order valence-corrected chi connectivity index (χ4v) is 6.37. The number of carbonyl (C=O) groups excluding carboxylic acids is 1. The molecule has 49 heavy (non-hydrogen) atoms. The largest absolute Gasteiger partial charge is 0.494 e. The van der Waals surface area contributed by atoms with Crippen molar-refractivity contribution in [2.45, 2.75) is 71.4 Å². The van der Waals surface area contributed by atoms with Crippen LogP contribution in [0.2, 0.25) is 10.0 Å². The van der Waals surface area contributed by atoms with Crippen LogP contribution in [0.4, 0.5) is 0 Å². The lowest BCUT2D eigenvalue weighted by molar-refractivity contribution is -0.136. The maximum atomic E-state index is 14.0. The first-order valence-electron chi connectivity index (χ1n) is 17.0. The number of nitrogens with zero attached hydrogens (tertiary/aromatic N) is 2. The number of amides is 1. The van der Waals surface area contributed by atoms with Crippen molar-refractivity contribution < 1.29 is 23.7 Å². The molecule has 1 aliphatic carbocycles. The third kappa shape index (κ3) is 12.4. The van der Waals surface area contributed by atoms with E-state index in [1.807, 2.05) is 55.1 Å². The van der Waals surface area contributed by atoms with Gasteiger partial charge >= 0.3 is 0 Å². The van der Waals surface area contributed by atoms with E-state index in [0.29, 0.717) is 60.9 Å². The summed E-state index contributed by atoms with van der Waals surface area (Å²) >= 11 is 12.5. The molecule has 0 radical (unpaired) electrons. The van der Waals surface area contributed by atoms with Crippen molar-refractivity contribution in [2.24, 2.45) is 22.6 Å². The molecule has 4 rings (SSSR count). The van der Waals surface area contributed by atoms with Crippen LogP contribution in [0.25, 0.3) is 0 Å². The van der Waals surface area contributed by atoms with Crippen molar-refractivity contribution in [3.63, 3.8) is 0 Å². The van der Waals surface area contributed by atoms with E-state index >= 15 is 0 Å². The minimum absolute atomic E-state index is 0.0831. The van der Waals surface area contributed by atoms with Gasteiger partial charge in [0.15, 0.2) is 5.75 Å². The van der Waals surface area contributed by atoms with Crippen LogP contribution in [-0.4, -0.2) is 62.6 Å². The van der Waals surface area contributed by atoms with Gasteiger partial charge in [0.05, 0.1) is 22.6 Å². The molecule has 1 amide bonds. The Morgan fingerprint density at radius 2 is 1.57 bits per heavy atom. The molecule has 1 aliphatic rings. The fraction of sp³-hybridized carbons (Fsp3) is 0.474. The van der Waals surface area contributed by atoms with Crippen LogP contribution in [-0.2, 0) is 28.9 Å². The molecule has 0 spiro atoms. The van der Waals surface area contributed by atoms with Gasteiger partial charge in [0, 0.05) is 38.6 Å². The van der Waals surface area contributed by atoms with Gasteiger partial charge in [-0.25, -0.2) is 0 Å². The van der Waals surface area contributed by atoms with E-state index in [4.69, 9.17) is 53.7 Å². The van der Waals surface area contributed by atoms with Gasteiger partial charge in [-0.3, -0.25) is 4.79 Å². The third-order valence-electron chi connectivity index (χ3n) is 8.42. The van der Waals surface area contributed by atoms with E-state index in [-0.39, 0.29) is 24.4 Å². The molecule has 1 saturated carbocycles. The Morgan fingerprint density at radius 1 is 0.898 bits per heavy atom. The molecule has 0 aromatic heterocycles. The highest BCUT2D eigenvalue weighted by Gasteiger charge is 2.35. The molecule has 1 atom stereocenters. The molecule has 1 fully saturated rings. The van der Waals surface area contributed by atoms with Crippen LogP contribution in [0.3, 0.4) is 0 Å². The summed E-state index contributed by atoms with van der Waals surface area (Å²) in [5, 5.41) is 4.68. The number of hydrogen-bond donors (Lipinski definition) is 2. The van der Waals surface area contributed by atoms with Gasteiger partial charge in [-0.1, -0.05) is 41.4 Å². The minimum Gasteiger partial charge on any atom is -0.494 e.